The first-order chi connectivity index (χ1) is 7.94. The molecule has 2 N–H and O–H groups in total. The van der Waals surface area contributed by atoms with E-state index in [4.69, 9.17) is 27.4 Å². The van der Waals surface area contributed by atoms with E-state index in [1.54, 1.807) is 25.4 Å². The molecule has 0 aliphatic rings. The summed E-state index contributed by atoms with van der Waals surface area (Å²) < 4.78 is 10.9. The molecule has 0 aliphatic heterocycles. The molecular weight excluding hydrogens is 236 g/mol. The number of hydrogen-bond donors (Lipinski definition) is 1. The van der Waals surface area contributed by atoms with Crippen molar-refractivity contribution in [3.8, 4) is 5.75 Å². The molecule has 94 valence electrons. The van der Waals surface area contributed by atoms with E-state index in [1.807, 2.05) is 13.8 Å². The fourth-order valence-corrected chi connectivity index (χ4v) is 1.26. The van der Waals surface area contributed by atoms with Crippen molar-refractivity contribution in [3.63, 3.8) is 0 Å². The Morgan fingerprint density at radius 2 is 2.24 bits per heavy atom. The lowest BCUT2D eigenvalue weighted by Crippen LogP contribution is -2.25. The lowest BCUT2D eigenvalue weighted by molar-refractivity contribution is 0.00545. The van der Waals surface area contributed by atoms with Gasteiger partial charge in [-0.1, -0.05) is 12.2 Å². The monoisotopic (exact) mass is 254 g/mol. The van der Waals surface area contributed by atoms with Crippen LogP contribution in [0.15, 0.2) is 18.3 Å². The smallest absolute Gasteiger partial charge is 0.123 e. The summed E-state index contributed by atoms with van der Waals surface area (Å²) >= 11 is 4.85. The third-order valence-corrected chi connectivity index (χ3v) is 2.72. The van der Waals surface area contributed by atoms with Crippen molar-refractivity contribution in [3.05, 3.63) is 24.0 Å². The van der Waals surface area contributed by atoms with Crippen molar-refractivity contribution in [2.24, 2.45) is 5.73 Å². The predicted octanol–water partition coefficient (Wildman–Crippen LogP) is 1.91. The minimum absolute atomic E-state index is 0.182. The molecular formula is C12H18N2O2S. The van der Waals surface area contributed by atoms with Gasteiger partial charge in [0.2, 0.25) is 0 Å². The van der Waals surface area contributed by atoms with Gasteiger partial charge >= 0.3 is 0 Å². The lowest BCUT2D eigenvalue weighted by Gasteiger charge is -2.22. The molecule has 5 heteroatoms. The average Bonchev–Trinajstić information content (AvgIpc) is 2.29. The predicted molar refractivity (Wildman–Crippen MR) is 71.3 cm³/mol. The summed E-state index contributed by atoms with van der Waals surface area (Å²) in [6.45, 7) is 4.61. The maximum Gasteiger partial charge on any atom is 0.123 e. The Morgan fingerprint density at radius 3 is 2.82 bits per heavy atom. The normalized spacial score (nSPS) is 11.2. The van der Waals surface area contributed by atoms with E-state index in [2.05, 4.69) is 4.98 Å². The highest BCUT2D eigenvalue weighted by Gasteiger charge is 2.16. The molecule has 4 nitrogen and oxygen atoms in total. The van der Waals surface area contributed by atoms with Crippen LogP contribution in [0.2, 0.25) is 0 Å². The van der Waals surface area contributed by atoms with Gasteiger partial charge in [0.1, 0.15) is 16.4 Å². The largest absolute Gasteiger partial charge is 0.493 e. The highest BCUT2D eigenvalue weighted by atomic mass is 32.1. The van der Waals surface area contributed by atoms with E-state index in [0.29, 0.717) is 12.3 Å². The van der Waals surface area contributed by atoms with Gasteiger partial charge in [-0.2, -0.15) is 0 Å². The molecule has 0 atom stereocenters. The van der Waals surface area contributed by atoms with E-state index in [0.717, 1.165) is 12.2 Å². The van der Waals surface area contributed by atoms with Crippen LogP contribution in [0, 0.1) is 0 Å². The Bertz CT molecular complexity index is 394. The molecule has 0 saturated carbocycles. The Kier molecular flexibility index (Phi) is 4.84. The molecule has 0 aromatic carbocycles. The van der Waals surface area contributed by atoms with E-state index in [9.17, 15) is 0 Å². The van der Waals surface area contributed by atoms with Crippen molar-refractivity contribution in [2.75, 3.05) is 13.7 Å². The zero-order chi connectivity index (χ0) is 12.9. The molecule has 0 aliphatic carbocycles. The average molecular weight is 254 g/mol. The minimum atomic E-state index is -0.182. The van der Waals surface area contributed by atoms with Gasteiger partial charge in [0.15, 0.2) is 0 Å². The highest BCUT2D eigenvalue weighted by molar-refractivity contribution is 7.80. The van der Waals surface area contributed by atoms with Gasteiger partial charge in [0, 0.05) is 25.8 Å². The van der Waals surface area contributed by atoms with E-state index >= 15 is 0 Å². The molecule has 0 saturated heterocycles. The molecule has 0 amide bonds. The molecule has 1 aromatic rings. The number of nitrogens with zero attached hydrogens (tertiary/aromatic N) is 1. The van der Waals surface area contributed by atoms with Gasteiger partial charge in [-0.25, -0.2) is 0 Å². The van der Waals surface area contributed by atoms with Gasteiger partial charge < -0.3 is 15.2 Å². The third kappa shape index (κ3) is 4.66. The van der Waals surface area contributed by atoms with Gasteiger partial charge in [0.25, 0.3) is 0 Å². The van der Waals surface area contributed by atoms with Crippen molar-refractivity contribution >= 4 is 17.2 Å². The second kappa shape index (κ2) is 5.93. The number of aromatic nitrogens is 1. The first kappa shape index (κ1) is 13.9. The number of methoxy groups -OCH3 is 1. The van der Waals surface area contributed by atoms with E-state index in [1.165, 1.54) is 0 Å². The van der Waals surface area contributed by atoms with Gasteiger partial charge in [-0.15, -0.1) is 0 Å². The molecule has 0 radical (unpaired) electrons. The molecule has 17 heavy (non-hydrogen) atoms. The minimum Gasteiger partial charge on any atom is -0.493 e. The second-order valence-corrected chi connectivity index (χ2v) is 4.74. The lowest BCUT2D eigenvalue weighted by atomic mass is 10.1. The van der Waals surface area contributed by atoms with Crippen molar-refractivity contribution < 1.29 is 9.47 Å². The summed E-state index contributed by atoms with van der Waals surface area (Å²) in [5, 5.41) is 0. The number of ether oxygens (including phenoxy) is 2. The number of rotatable bonds is 6. The van der Waals surface area contributed by atoms with Crippen molar-refractivity contribution in [2.45, 2.75) is 25.9 Å². The van der Waals surface area contributed by atoms with E-state index in [-0.39, 0.29) is 10.6 Å². The summed E-state index contributed by atoms with van der Waals surface area (Å²) in [4.78, 5) is 4.31. The fourth-order valence-electron chi connectivity index (χ4n) is 1.15. The first-order valence-electron chi connectivity index (χ1n) is 5.38. The number of nitrogens with two attached hydrogens (primary N) is 1. The summed E-state index contributed by atoms with van der Waals surface area (Å²) in [6, 6.07) is 3.52. The topological polar surface area (TPSA) is 57.4 Å². The molecule has 0 bridgehead atoms. The summed E-state index contributed by atoms with van der Waals surface area (Å²) in [5.41, 5.74) is 5.89. The second-order valence-electron chi connectivity index (χ2n) is 4.30. The zero-order valence-corrected chi connectivity index (χ0v) is 11.2. The van der Waals surface area contributed by atoms with Crippen LogP contribution >= 0.6 is 12.2 Å². The molecule has 0 unspecified atom stereocenters. The Morgan fingerprint density at radius 1 is 1.53 bits per heavy atom. The van der Waals surface area contributed by atoms with Crippen LogP contribution in [-0.4, -0.2) is 29.3 Å². The molecule has 1 rings (SSSR count). The molecule has 0 spiro atoms. The molecule has 0 fully saturated rings. The fraction of sp³-hybridized carbons (Fsp3) is 0.500. The van der Waals surface area contributed by atoms with Crippen LogP contribution in [0.3, 0.4) is 0 Å². The number of pyridine rings is 1. The Balaban J connectivity index is 2.52. The van der Waals surface area contributed by atoms with Gasteiger partial charge in [-0.05, 0) is 19.9 Å². The van der Waals surface area contributed by atoms with Crippen LogP contribution in [0.5, 0.6) is 5.75 Å². The first-order valence-corrected chi connectivity index (χ1v) is 5.79. The third-order valence-electron chi connectivity index (χ3n) is 2.51. The zero-order valence-electron chi connectivity index (χ0n) is 10.4. The number of thiocarbonyl (C=S) groups is 1. The molecule has 1 heterocycles. The van der Waals surface area contributed by atoms with Gasteiger partial charge in [0.05, 0.1) is 12.2 Å². The van der Waals surface area contributed by atoms with Crippen molar-refractivity contribution in [1.82, 2.24) is 4.98 Å². The van der Waals surface area contributed by atoms with Gasteiger partial charge in [-0.3, -0.25) is 4.98 Å². The standard InChI is InChI=1S/C12H18N2O2S/c1-12(2,15-3)5-7-16-9-4-6-14-10(8-9)11(13)17/h4,6,8H,5,7H2,1-3H3,(H2,13,17). The summed E-state index contributed by atoms with van der Waals surface area (Å²) in [5.74, 6) is 0.717. The van der Waals surface area contributed by atoms with Crippen LogP contribution in [0.4, 0.5) is 0 Å². The maximum atomic E-state index is 5.60. The number of hydrogen-bond acceptors (Lipinski definition) is 4. The van der Waals surface area contributed by atoms with Crippen LogP contribution in [0.25, 0.3) is 0 Å². The Labute approximate surface area is 107 Å². The SMILES string of the molecule is COC(C)(C)CCOc1ccnc(C(N)=S)c1. The van der Waals surface area contributed by atoms with Crippen LogP contribution in [-0.2, 0) is 4.74 Å². The highest BCUT2D eigenvalue weighted by Crippen LogP contribution is 2.16. The van der Waals surface area contributed by atoms with Crippen LogP contribution < -0.4 is 10.5 Å². The molecule has 1 aromatic heterocycles. The Hall–Kier alpha value is -1.20. The summed E-state index contributed by atoms with van der Waals surface area (Å²) in [6.07, 6.45) is 2.43. The maximum absolute atomic E-state index is 5.60. The van der Waals surface area contributed by atoms with Crippen LogP contribution in [0.1, 0.15) is 26.0 Å². The quantitative estimate of drug-likeness (QED) is 0.786. The van der Waals surface area contributed by atoms with Crippen molar-refractivity contribution in [1.29, 1.82) is 0 Å². The summed E-state index contributed by atoms with van der Waals surface area (Å²) in [7, 11) is 1.69. The van der Waals surface area contributed by atoms with E-state index < -0.39 is 0 Å².